The number of aliphatic hydroxyl groups is 8. The van der Waals surface area contributed by atoms with E-state index in [1.165, 1.54) is 0 Å². The zero-order valence-electron chi connectivity index (χ0n) is 40.5. The zero-order valence-corrected chi connectivity index (χ0v) is 40.5. The molecular weight excluding hydrogens is 891 g/mol. The van der Waals surface area contributed by atoms with E-state index in [2.05, 4.69) is 64.3 Å². The number of amides is 1. The molecule has 18 heteroatoms. The van der Waals surface area contributed by atoms with Gasteiger partial charge in [-0.2, -0.15) is 0 Å². The Morgan fingerprint density at radius 2 is 1.58 bits per heavy atom. The molecule has 8 aliphatic rings. The van der Waals surface area contributed by atoms with Gasteiger partial charge in [0.25, 0.3) is 0 Å². The summed E-state index contributed by atoms with van der Waals surface area (Å²) in [4.78, 5) is 29.4. The Bertz CT molecular complexity index is 2420. The van der Waals surface area contributed by atoms with Crippen LogP contribution in [-0.2, 0) is 23.7 Å². The molecule has 376 valence electrons. The van der Waals surface area contributed by atoms with Crippen LogP contribution in [-0.4, -0.2) is 151 Å². The van der Waals surface area contributed by atoms with Gasteiger partial charge in [-0.3, -0.25) is 4.79 Å². The maximum Gasteiger partial charge on any atom is 0.222 e. The van der Waals surface area contributed by atoms with Crippen LogP contribution in [0.4, 0.5) is 0 Å². The Hall–Kier alpha value is -4.44. The number of hydrogen-bond donors (Lipinski definition) is 10. The molecule has 0 aromatic rings. The summed E-state index contributed by atoms with van der Waals surface area (Å²) in [5, 5.41) is 91.2. The van der Waals surface area contributed by atoms with Crippen molar-refractivity contribution >= 4 is 23.0 Å². The highest BCUT2D eigenvalue weighted by molar-refractivity contribution is 6.21. The van der Waals surface area contributed by atoms with E-state index in [9.17, 15) is 45.6 Å². The van der Waals surface area contributed by atoms with Crippen LogP contribution in [0.25, 0.3) is 0 Å². The summed E-state index contributed by atoms with van der Waals surface area (Å²) < 4.78 is 23.4. The summed E-state index contributed by atoms with van der Waals surface area (Å²) in [5.41, 5.74) is 12.8. The summed E-state index contributed by atoms with van der Waals surface area (Å²) in [6, 6.07) is 0. The third-order valence-electron chi connectivity index (χ3n) is 14.9. The van der Waals surface area contributed by atoms with Crippen molar-refractivity contribution in [2.75, 3.05) is 19.8 Å². The molecule has 10 N–H and O–H groups in total. The first-order valence-corrected chi connectivity index (χ1v) is 24.5. The number of ether oxygens (including phenoxy) is 4. The Morgan fingerprint density at radius 1 is 0.855 bits per heavy atom. The van der Waals surface area contributed by atoms with Crippen LogP contribution in [0, 0.1) is 11.8 Å². The van der Waals surface area contributed by atoms with Gasteiger partial charge in [0.15, 0.2) is 12.5 Å². The molecule has 1 aliphatic carbocycles. The standard InChI is InChI=1S/C51H69N5O13/c1-8-10-11-12-15-66-26(7)40-24(5)32-17-31-23(4)28(13-14-39(60)56-50-47(64)46(63)49(38(21-58)67-50)69-51-48(65)45(62)44(61)37(20-57)68-51)42(54-31)29-16-36(59)41-25(6)33(55-43(29)41)18-34-27(9-2)22(3)30(52-34)19-35(40)53-32/h17-19,23,26,28,37-38,44-51,54,57-59,61-65H,8-16,20-21H2,1-7H3,(H,56,60)/t23-,26?,28-,37+,38+,44-,45-,46+,47+,48+,49+,50+,51-/m0/s1. The van der Waals surface area contributed by atoms with Crippen molar-refractivity contribution in [1.29, 1.82) is 0 Å². The van der Waals surface area contributed by atoms with E-state index < -0.39 is 80.5 Å². The minimum atomic E-state index is -1.81. The minimum Gasteiger partial charge on any atom is -0.511 e. The summed E-state index contributed by atoms with van der Waals surface area (Å²) in [6.07, 6.45) is -4.66. The summed E-state index contributed by atoms with van der Waals surface area (Å²) in [5.74, 6) is -0.762. The molecule has 69 heavy (non-hydrogen) atoms. The Kier molecular flexibility index (Phi) is 15.6. The normalized spacial score (nSPS) is 33.7. The van der Waals surface area contributed by atoms with Crippen LogP contribution < -0.4 is 10.6 Å². The molecule has 0 saturated carbocycles. The van der Waals surface area contributed by atoms with Gasteiger partial charge in [-0.15, -0.1) is 0 Å². The zero-order chi connectivity index (χ0) is 49.6. The first kappa shape index (κ1) is 50.9. The lowest BCUT2D eigenvalue weighted by atomic mass is 9.86. The molecule has 7 aliphatic heterocycles. The molecule has 0 aromatic heterocycles. The van der Waals surface area contributed by atoms with Crippen molar-refractivity contribution in [1.82, 2.24) is 10.6 Å². The quantitative estimate of drug-likeness (QED) is 0.0997. The monoisotopic (exact) mass is 959 g/mol. The van der Waals surface area contributed by atoms with Crippen molar-refractivity contribution in [3.05, 3.63) is 91.5 Å². The summed E-state index contributed by atoms with van der Waals surface area (Å²) >= 11 is 0. The lowest BCUT2D eigenvalue weighted by Crippen LogP contribution is -2.66. The van der Waals surface area contributed by atoms with Crippen LogP contribution in [0.2, 0.25) is 0 Å². The molecule has 0 radical (unpaired) electrons. The highest BCUT2D eigenvalue weighted by Crippen LogP contribution is 2.47. The van der Waals surface area contributed by atoms with Gasteiger partial charge in [-0.25, -0.2) is 15.0 Å². The molecule has 0 spiro atoms. The van der Waals surface area contributed by atoms with Gasteiger partial charge in [0.2, 0.25) is 5.91 Å². The SMILES string of the molecule is CCCCCCOC(C)C1=C(C)C2=NC1=CC1=NC(=CC3=C(C)C4=C(O)CC(=C5NC(=C2)[C@@H](C)[C@@H]5CCC(=O)N[C@@H]2O[C@H](CO)[C@@H](O[C@@H]5O[C@H](CO)[C@H](O)[C@H](O)[C@H]5O)[C@H](O)[C@H]2O)C4=N3)C(CC)=C1C. The van der Waals surface area contributed by atoms with Gasteiger partial charge in [0.1, 0.15) is 54.6 Å². The number of hydrogen-bond acceptors (Lipinski definition) is 17. The van der Waals surface area contributed by atoms with Gasteiger partial charge in [0, 0.05) is 59.4 Å². The fourth-order valence-electron chi connectivity index (χ4n) is 10.7. The van der Waals surface area contributed by atoms with E-state index >= 15 is 0 Å². The molecule has 3 saturated heterocycles. The molecule has 0 aromatic carbocycles. The average Bonchev–Trinajstić information content (AvgIpc) is 4.09. The fourth-order valence-corrected chi connectivity index (χ4v) is 10.7. The predicted molar refractivity (Wildman–Crippen MR) is 255 cm³/mol. The summed E-state index contributed by atoms with van der Waals surface area (Å²) in [7, 11) is 0. The van der Waals surface area contributed by atoms with Gasteiger partial charge in [-0.1, -0.05) is 40.0 Å². The van der Waals surface area contributed by atoms with E-state index in [1.54, 1.807) is 0 Å². The third-order valence-corrected chi connectivity index (χ3v) is 14.9. The van der Waals surface area contributed by atoms with Gasteiger partial charge in [-0.05, 0) is 87.5 Å². The van der Waals surface area contributed by atoms with Crippen molar-refractivity contribution in [2.45, 2.75) is 167 Å². The molecular formula is C51H69N5O13. The van der Waals surface area contributed by atoms with E-state index in [0.29, 0.717) is 30.0 Å². The number of fused-ring (bicyclic) bond motifs is 5. The molecule has 13 atom stereocenters. The lowest BCUT2D eigenvalue weighted by Gasteiger charge is -2.46. The van der Waals surface area contributed by atoms with Crippen LogP contribution in [0.1, 0.15) is 99.8 Å². The number of nitrogens with one attached hydrogen (secondary N) is 2. The second kappa shape index (κ2) is 21.1. The number of allylic oxidation sites excluding steroid dienone is 11. The molecule has 3 fully saturated rings. The van der Waals surface area contributed by atoms with E-state index in [0.717, 1.165) is 99.8 Å². The van der Waals surface area contributed by atoms with Gasteiger partial charge in [0.05, 0.1) is 53.5 Å². The number of carbonyl (C=O) groups is 1. The number of nitrogens with zero attached hydrogens (tertiary/aromatic N) is 3. The van der Waals surface area contributed by atoms with E-state index in [4.69, 9.17) is 33.9 Å². The minimum absolute atomic E-state index is 0.0546. The van der Waals surface area contributed by atoms with Crippen LogP contribution >= 0.6 is 0 Å². The number of aliphatic imine (C=N–C) groups is 3. The largest absolute Gasteiger partial charge is 0.511 e. The van der Waals surface area contributed by atoms with Crippen molar-refractivity contribution in [3.8, 4) is 0 Å². The molecule has 1 amide bonds. The highest BCUT2D eigenvalue weighted by Gasteiger charge is 2.51. The highest BCUT2D eigenvalue weighted by atomic mass is 16.7. The summed E-state index contributed by atoms with van der Waals surface area (Å²) in [6.45, 7) is 13.7. The first-order chi connectivity index (χ1) is 33.0. The molecule has 7 heterocycles. The molecule has 8 rings (SSSR count). The smallest absolute Gasteiger partial charge is 0.222 e. The van der Waals surface area contributed by atoms with Crippen LogP contribution in [0.15, 0.2) is 106 Å². The van der Waals surface area contributed by atoms with Crippen molar-refractivity contribution in [3.63, 3.8) is 0 Å². The fraction of sp³-hybridized carbons (Fsp3) is 0.608. The lowest BCUT2D eigenvalue weighted by molar-refractivity contribution is -0.343. The van der Waals surface area contributed by atoms with Crippen molar-refractivity contribution < 1.29 is 64.6 Å². The number of unbranched alkanes of at least 4 members (excludes halogenated alkanes) is 3. The maximum atomic E-state index is 13.9. The number of rotatable bonds is 16. The number of carbonyl (C=O) groups excluding carboxylic acids is 1. The second-order valence-corrected chi connectivity index (χ2v) is 19.3. The predicted octanol–water partition coefficient (Wildman–Crippen LogP) is 3.16. The van der Waals surface area contributed by atoms with Gasteiger partial charge >= 0.3 is 0 Å². The van der Waals surface area contributed by atoms with Gasteiger partial charge < -0.3 is 70.4 Å². The topological polar surface area (TPSA) is 277 Å². The Morgan fingerprint density at radius 3 is 2.29 bits per heavy atom. The second-order valence-electron chi connectivity index (χ2n) is 19.3. The van der Waals surface area contributed by atoms with Crippen LogP contribution in [0.3, 0.4) is 0 Å². The number of aliphatic hydroxyl groups excluding tert-OH is 8. The van der Waals surface area contributed by atoms with Crippen LogP contribution in [0.5, 0.6) is 0 Å². The average molecular weight is 960 g/mol. The molecule has 1 unspecified atom stereocenters. The maximum absolute atomic E-state index is 13.9. The Labute approximate surface area is 402 Å². The molecule has 18 nitrogen and oxygen atoms in total. The molecule has 8 bridgehead atoms. The van der Waals surface area contributed by atoms with Crippen molar-refractivity contribution in [2.24, 2.45) is 26.8 Å². The first-order valence-electron chi connectivity index (χ1n) is 24.5. The van der Waals surface area contributed by atoms with E-state index in [1.807, 2.05) is 13.0 Å². The van der Waals surface area contributed by atoms with E-state index in [-0.39, 0.29) is 36.5 Å². The Balaban J connectivity index is 1.07. The third kappa shape index (κ3) is 9.70.